The number of carbonyl (C=O) groups excluding carboxylic acids is 1. The molecule has 0 aliphatic carbocycles. The number of thioether (sulfide) groups is 1. The Morgan fingerprint density at radius 2 is 2.20 bits per heavy atom. The van der Waals surface area contributed by atoms with Crippen molar-refractivity contribution in [1.29, 1.82) is 0 Å². The number of benzene rings is 1. The predicted octanol–water partition coefficient (Wildman–Crippen LogP) is 2.91. The number of hydrogen-bond donors (Lipinski definition) is 2. The van der Waals surface area contributed by atoms with E-state index in [1.165, 1.54) is 23.9 Å². The summed E-state index contributed by atoms with van der Waals surface area (Å²) < 4.78 is 12.7. The van der Waals surface area contributed by atoms with Crippen LogP contribution in [-0.4, -0.2) is 21.6 Å². The number of amides is 1. The fourth-order valence-corrected chi connectivity index (χ4v) is 2.54. The summed E-state index contributed by atoms with van der Waals surface area (Å²) in [7, 11) is 0. The third kappa shape index (κ3) is 4.38. The number of imidazole rings is 1. The smallest absolute Gasteiger partial charge is 0.221 e. The van der Waals surface area contributed by atoms with Gasteiger partial charge >= 0.3 is 0 Å². The lowest BCUT2D eigenvalue weighted by molar-refractivity contribution is -0.121. The van der Waals surface area contributed by atoms with E-state index in [1.54, 1.807) is 24.5 Å². The molecule has 4 nitrogen and oxygen atoms in total. The number of aromatic amines is 1. The van der Waals surface area contributed by atoms with E-state index in [-0.39, 0.29) is 17.8 Å². The van der Waals surface area contributed by atoms with Gasteiger partial charge in [-0.1, -0.05) is 0 Å². The average Bonchev–Trinajstić information content (AvgIpc) is 2.95. The van der Waals surface area contributed by atoms with E-state index in [0.29, 0.717) is 12.2 Å². The Morgan fingerprint density at radius 3 is 2.85 bits per heavy atom. The number of nitrogens with zero attached hydrogens (tertiary/aromatic N) is 1. The lowest BCUT2D eigenvalue weighted by atomic mass is 10.3. The summed E-state index contributed by atoms with van der Waals surface area (Å²) in [4.78, 5) is 19.8. The van der Waals surface area contributed by atoms with Crippen LogP contribution in [0, 0.1) is 5.82 Å². The highest BCUT2D eigenvalue weighted by molar-refractivity contribution is 7.99. The SMILES string of the molecule is CC(NC(=O)CCSc1ccc(F)cc1)c1ncc[nH]1. The quantitative estimate of drug-likeness (QED) is 0.805. The fourth-order valence-electron chi connectivity index (χ4n) is 1.69. The van der Waals surface area contributed by atoms with E-state index in [9.17, 15) is 9.18 Å². The molecule has 1 unspecified atom stereocenters. The average molecular weight is 293 g/mol. The van der Waals surface area contributed by atoms with Crippen molar-refractivity contribution < 1.29 is 9.18 Å². The van der Waals surface area contributed by atoms with Crippen LogP contribution in [0.1, 0.15) is 25.2 Å². The maximum absolute atomic E-state index is 12.7. The molecule has 0 fully saturated rings. The molecule has 106 valence electrons. The molecule has 0 aliphatic heterocycles. The number of rotatable bonds is 6. The van der Waals surface area contributed by atoms with Crippen LogP contribution in [0.5, 0.6) is 0 Å². The van der Waals surface area contributed by atoms with Crippen LogP contribution < -0.4 is 5.32 Å². The zero-order valence-electron chi connectivity index (χ0n) is 11.1. The van der Waals surface area contributed by atoms with Gasteiger partial charge in [0, 0.05) is 29.5 Å². The van der Waals surface area contributed by atoms with Gasteiger partial charge in [-0.15, -0.1) is 11.8 Å². The van der Waals surface area contributed by atoms with Crippen LogP contribution in [0.3, 0.4) is 0 Å². The standard InChI is InChI=1S/C14H16FN3OS/c1-10(14-16-7-8-17-14)18-13(19)6-9-20-12-4-2-11(15)3-5-12/h2-5,7-8,10H,6,9H2,1H3,(H,16,17)(H,18,19). The Balaban J connectivity index is 1.71. The monoisotopic (exact) mass is 293 g/mol. The lowest BCUT2D eigenvalue weighted by Crippen LogP contribution is -2.27. The molecule has 0 saturated carbocycles. The van der Waals surface area contributed by atoms with Gasteiger partial charge < -0.3 is 10.3 Å². The second-order valence-electron chi connectivity index (χ2n) is 4.32. The van der Waals surface area contributed by atoms with Crippen molar-refractivity contribution in [2.75, 3.05) is 5.75 Å². The van der Waals surface area contributed by atoms with E-state index in [0.717, 1.165) is 10.7 Å². The maximum Gasteiger partial charge on any atom is 0.221 e. The number of H-pyrrole nitrogens is 1. The number of carbonyl (C=O) groups is 1. The summed E-state index contributed by atoms with van der Waals surface area (Å²) in [6.45, 7) is 1.88. The van der Waals surface area contributed by atoms with Gasteiger partial charge in [0.2, 0.25) is 5.91 Å². The van der Waals surface area contributed by atoms with Crippen molar-refractivity contribution in [3.05, 3.63) is 48.3 Å². The first kappa shape index (κ1) is 14.6. The van der Waals surface area contributed by atoms with E-state index in [2.05, 4.69) is 15.3 Å². The molecule has 0 saturated heterocycles. The largest absolute Gasteiger partial charge is 0.347 e. The summed E-state index contributed by atoms with van der Waals surface area (Å²) in [6.07, 6.45) is 3.79. The summed E-state index contributed by atoms with van der Waals surface area (Å²) in [5.41, 5.74) is 0. The minimum Gasteiger partial charge on any atom is -0.347 e. The summed E-state index contributed by atoms with van der Waals surface area (Å²) in [5, 5.41) is 2.87. The predicted molar refractivity (Wildman–Crippen MR) is 76.9 cm³/mol. The second-order valence-corrected chi connectivity index (χ2v) is 5.48. The third-order valence-corrected chi connectivity index (χ3v) is 3.73. The van der Waals surface area contributed by atoms with Gasteiger partial charge in [-0.2, -0.15) is 0 Å². The zero-order valence-corrected chi connectivity index (χ0v) is 11.9. The van der Waals surface area contributed by atoms with E-state index in [4.69, 9.17) is 0 Å². The minimum absolute atomic E-state index is 0.0245. The van der Waals surface area contributed by atoms with Crippen LogP contribution in [0.2, 0.25) is 0 Å². The van der Waals surface area contributed by atoms with Gasteiger partial charge in [0.15, 0.2) is 0 Å². The normalized spacial score (nSPS) is 12.1. The Kier molecular flexibility index (Phi) is 5.17. The maximum atomic E-state index is 12.7. The number of aromatic nitrogens is 2. The highest BCUT2D eigenvalue weighted by Gasteiger charge is 2.11. The molecule has 0 bridgehead atoms. The van der Waals surface area contributed by atoms with E-state index < -0.39 is 0 Å². The van der Waals surface area contributed by atoms with Gasteiger partial charge in [-0.3, -0.25) is 4.79 Å². The van der Waals surface area contributed by atoms with E-state index >= 15 is 0 Å². The number of hydrogen-bond acceptors (Lipinski definition) is 3. The highest BCUT2D eigenvalue weighted by Crippen LogP contribution is 2.19. The second kappa shape index (κ2) is 7.09. The van der Waals surface area contributed by atoms with Gasteiger partial charge in [-0.05, 0) is 31.2 Å². The molecule has 1 heterocycles. The molecule has 1 aromatic carbocycles. The van der Waals surface area contributed by atoms with E-state index in [1.807, 2.05) is 6.92 Å². The molecular formula is C14H16FN3OS. The molecule has 1 amide bonds. The Morgan fingerprint density at radius 1 is 1.45 bits per heavy atom. The van der Waals surface area contributed by atoms with Crippen LogP contribution >= 0.6 is 11.8 Å². The molecule has 1 atom stereocenters. The summed E-state index contributed by atoms with van der Waals surface area (Å²) in [5.74, 6) is 1.12. The van der Waals surface area contributed by atoms with Crippen molar-refractivity contribution >= 4 is 17.7 Å². The van der Waals surface area contributed by atoms with Crippen LogP contribution in [0.25, 0.3) is 0 Å². The van der Waals surface area contributed by atoms with Crippen molar-refractivity contribution in [2.45, 2.75) is 24.3 Å². The lowest BCUT2D eigenvalue weighted by Gasteiger charge is -2.11. The van der Waals surface area contributed by atoms with Crippen LogP contribution in [0.4, 0.5) is 4.39 Å². The van der Waals surface area contributed by atoms with Crippen molar-refractivity contribution in [3.63, 3.8) is 0 Å². The summed E-state index contributed by atoms with van der Waals surface area (Å²) in [6, 6.07) is 6.13. The molecule has 1 aromatic heterocycles. The first-order chi connectivity index (χ1) is 9.65. The molecule has 0 spiro atoms. The zero-order chi connectivity index (χ0) is 14.4. The first-order valence-corrected chi connectivity index (χ1v) is 7.30. The Bertz CT molecular complexity index is 542. The molecule has 2 aromatic rings. The van der Waals surface area contributed by atoms with Gasteiger partial charge in [-0.25, -0.2) is 9.37 Å². The van der Waals surface area contributed by atoms with Crippen LogP contribution in [0.15, 0.2) is 41.6 Å². The Labute approximate surface area is 121 Å². The highest BCUT2D eigenvalue weighted by atomic mass is 32.2. The first-order valence-electron chi connectivity index (χ1n) is 6.32. The van der Waals surface area contributed by atoms with Gasteiger partial charge in [0.05, 0.1) is 6.04 Å². The molecular weight excluding hydrogens is 277 g/mol. The van der Waals surface area contributed by atoms with Crippen molar-refractivity contribution in [3.8, 4) is 0 Å². The van der Waals surface area contributed by atoms with Gasteiger partial charge in [0.1, 0.15) is 11.6 Å². The fraction of sp³-hybridized carbons (Fsp3) is 0.286. The minimum atomic E-state index is -0.251. The number of halogens is 1. The topological polar surface area (TPSA) is 57.8 Å². The van der Waals surface area contributed by atoms with Crippen molar-refractivity contribution in [1.82, 2.24) is 15.3 Å². The Hall–Kier alpha value is -1.82. The van der Waals surface area contributed by atoms with Crippen molar-refractivity contribution in [2.24, 2.45) is 0 Å². The molecule has 6 heteroatoms. The summed E-state index contributed by atoms with van der Waals surface area (Å²) >= 11 is 1.53. The third-order valence-electron chi connectivity index (χ3n) is 2.72. The van der Waals surface area contributed by atoms with Crippen LogP contribution in [-0.2, 0) is 4.79 Å². The number of nitrogens with one attached hydrogen (secondary N) is 2. The molecule has 2 rings (SSSR count). The molecule has 0 radical (unpaired) electrons. The molecule has 0 aliphatic rings. The van der Waals surface area contributed by atoms with Gasteiger partial charge in [0.25, 0.3) is 0 Å². The molecule has 20 heavy (non-hydrogen) atoms. The molecule has 2 N–H and O–H groups in total.